The van der Waals surface area contributed by atoms with E-state index in [9.17, 15) is 0 Å². The monoisotopic (exact) mass is 722 g/mol. The molecule has 0 spiro atoms. The van der Waals surface area contributed by atoms with Gasteiger partial charge in [0.2, 0.25) is 0 Å². The van der Waals surface area contributed by atoms with Gasteiger partial charge in [0.05, 0.1) is 0 Å². The second-order valence-electron chi connectivity index (χ2n) is 16.3. The fraction of sp³-hybridized carbons (Fsp3) is 0.0526. The minimum Gasteiger partial charge on any atom is -0.0616 e. The van der Waals surface area contributed by atoms with Crippen molar-refractivity contribution < 1.29 is 0 Å². The average Bonchev–Trinajstić information content (AvgIpc) is 3.51. The van der Waals surface area contributed by atoms with Crippen LogP contribution in [-0.2, 0) is 5.41 Å². The third-order valence-corrected chi connectivity index (χ3v) is 13.0. The summed E-state index contributed by atoms with van der Waals surface area (Å²) in [7, 11) is 0. The van der Waals surface area contributed by atoms with Crippen LogP contribution in [0.1, 0.15) is 25.0 Å². The van der Waals surface area contributed by atoms with E-state index in [0.717, 1.165) is 0 Å². The normalized spacial score (nSPS) is 13.2. The van der Waals surface area contributed by atoms with Crippen molar-refractivity contribution in [1.29, 1.82) is 0 Å². The lowest BCUT2D eigenvalue weighted by Crippen LogP contribution is -2.14. The second-order valence-corrected chi connectivity index (χ2v) is 16.3. The van der Waals surface area contributed by atoms with Gasteiger partial charge >= 0.3 is 0 Å². The van der Waals surface area contributed by atoms with Gasteiger partial charge < -0.3 is 0 Å². The first-order chi connectivity index (χ1) is 28.1. The van der Waals surface area contributed by atoms with Crippen LogP contribution in [0.3, 0.4) is 0 Å². The van der Waals surface area contributed by atoms with E-state index in [0.29, 0.717) is 0 Å². The summed E-state index contributed by atoms with van der Waals surface area (Å²) in [6.45, 7) is 4.76. The largest absolute Gasteiger partial charge is 0.0616 e. The Balaban J connectivity index is 1.12. The molecule has 0 fully saturated rings. The van der Waals surface area contributed by atoms with Crippen LogP contribution in [0.2, 0.25) is 0 Å². The highest BCUT2D eigenvalue weighted by Crippen LogP contribution is 2.55. The fourth-order valence-corrected chi connectivity index (χ4v) is 10.4. The Morgan fingerprint density at radius 2 is 0.789 bits per heavy atom. The van der Waals surface area contributed by atoms with Crippen molar-refractivity contribution >= 4 is 64.6 Å². The average molecular weight is 723 g/mol. The molecular formula is C57H38. The van der Waals surface area contributed by atoms with Crippen LogP contribution in [0.4, 0.5) is 0 Å². The Morgan fingerprint density at radius 3 is 1.51 bits per heavy atom. The highest BCUT2D eigenvalue weighted by molar-refractivity contribution is 6.28. The molecule has 1 aliphatic rings. The van der Waals surface area contributed by atoms with Gasteiger partial charge in [-0.2, -0.15) is 0 Å². The summed E-state index contributed by atoms with van der Waals surface area (Å²) >= 11 is 0. The van der Waals surface area contributed by atoms with E-state index in [1.54, 1.807) is 0 Å². The minimum absolute atomic E-state index is 0.0927. The number of hydrogen-bond donors (Lipinski definition) is 0. The van der Waals surface area contributed by atoms with E-state index in [-0.39, 0.29) is 5.41 Å². The van der Waals surface area contributed by atoms with Gasteiger partial charge in [-0.25, -0.2) is 0 Å². The maximum Gasteiger partial charge on any atom is 0.0159 e. The van der Waals surface area contributed by atoms with Crippen LogP contribution >= 0.6 is 0 Å². The first-order valence-corrected chi connectivity index (χ1v) is 20.1. The van der Waals surface area contributed by atoms with Gasteiger partial charge in [0.1, 0.15) is 0 Å². The molecule has 0 saturated heterocycles. The lowest BCUT2D eigenvalue weighted by molar-refractivity contribution is 0.661. The highest BCUT2D eigenvalue weighted by atomic mass is 14.4. The number of hydrogen-bond acceptors (Lipinski definition) is 0. The maximum atomic E-state index is 2.44. The van der Waals surface area contributed by atoms with Gasteiger partial charge in [0, 0.05) is 5.41 Å². The van der Waals surface area contributed by atoms with Crippen LogP contribution in [0, 0.1) is 0 Å². The molecule has 1 aliphatic carbocycles. The van der Waals surface area contributed by atoms with Crippen LogP contribution in [0.5, 0.6) is 0 Å². The van der Waals surface area contributed by atoms with E-state index in [1.165, 1.54) is 120 Å². The van der Waals surface area contributed by atoms with Crippen LogP contribution in [0.15, 0.2) is 194 Å². The predicted octanol–water partition coefficient (Wildman–Crippen LogP) is 15.9. The van der Waals surface area contributed by atoms with E-state index < -0.39 is 0 Å². The van der Waals surface area contributed by atoms with Gasteiger partial charge in [-0.05, 0) is 132 Å². The molecule has 11 aromatic carbocycles. The van der Waals surface area contributed by atoms with Crippen molar-refractivity contribution in [3.8, 4) is 44.5 Å². The molecule has 0 radical (unpaired) electrons. The highest BCUT2D eigenvalue weighted by Gasteiger charge is 2.38. The summed E-state index contributed by atoms with van der Waals surface area (Å²) in [6, 6.07) is 72.7. The summed E-state index contributed by atoms with van der Waals surface area (Å²) in [4.78, 5) is 0. The standard InChI is InChI=1S/C57H38/c1-57(2)50-28-14-27-42(56(50)55-41-20-6-4-16-36(41)31-32-51(55)57)37-17-13-18-38(33-37)53-45-23-9-11-25-47(45)54(48-26-12-10-24-46(48)53)49-34-39-30-29-35-15-3-5-19-40(35)52(39)44-22-8-7-21-43(44)49/h3-34H,1-2H3. The molecule has 0 heterocycles. The molecule has 0 bridgehead atoms. The summed E-state index contributed by atoms with van der Waals surface area (Å²) < 4.78 is 0. The first-order valence-electron chi connectivity index (χ1n) is 20.1. The van der Waals surface area contributed by atoms with Gasteiger partial charge in [-0.1, -0.05) is 196 Å². The summed E-state index contributed by atoms with van der Waals surface area (Å²) in [5.41, 5.74) is 13.1. The molecule has 0 amide bonds. The molecule has 0 N–H and O–H groups in total. The molecule has 0 unspecified atom stereocenters. The van der Waals surface area contributed by atoms with Crippen molar-refractivity contribution in [2.45, 2.75) is 19.3 Å². The topological polar surface area (TPSA) is 0 Å². The van der Waals surface area contributed by atoms with Gasteiger partial charge in [0.15, 0.2) is 0 Å². The molecule has 11 aromatic rings. The fourth-order valence-electron chi connectivity index (χ4n) is 10.4. The Morgan fingerprint density at radius 1 is 0.281 bits per heavy atom. The zero-order valence-electron chi connectivity index (χ0n) is 32.0. The Hall–Kier alpha value is -7.02. The third-order valence-electron chi connectivity index (χ3n) is 13.0. The van der Waals surface area contributed by atoms with Crippen LogP contribution < -0.4 is 0 Å². The number of rotatable bonds is 3. The summed E-state index contributed by atoms with van der Waals surface area (Å²) in [5, 5.41) is 15.4. The quantitative estimate of drug-likeness (QED) is 0.126. The second kappa shape index (κ2) is 12.0. The van der Waals surface area contributed by atoms with Crippen LogP contribution in [0.25, 0.3) is 109 Å². The summed E-state index contributed by atoms with van der Waals surface area (Å²) in [6.07, 6.45) is 0. The first kappa shape index (κ1) is 32.2. The van der Waals surface area contributed by atoms with Crippen molar-refractivity contribution in [2.24, 2.45) is 0 Å². The van der Waals surface area contributed by atoms with E-state index in [2.05, 4.69) is 208 Å². The Labute approximate surface area is 332 Å². The van der Waals surface area contributed by atoms with Crippen molar-refractivity contribution in [1.82, 2.24) is 0 Å². The van der Waals surface area contributed by atoms with E-state index in [1.807, 2.05) is 0 Å². The zero-order chi connectivity index (χ0) is 37.8. The molecule has 0 aromatic heterocycles. The van der Waals surface area contributed by atoms with Crippen molar-refractivity contribution in [3.63, 3.8) is 0 Å². The lowest BCUT2D eigenvalue weighted by atomic mass is 9.81. The van der Waals surface area contributed by atoms with Gasteiger partial charge in [0.25, 0.3) is 0 Å². The summed E-state index contributed by atoms with van der Waals surface area (Å²) in [5.74, 6) is 0. The van der Waals surface area contributed by atoms with Gasteiger partial charge in [-0.3, -0.25) is 0 Å². The Kier molecular flexibility index (Phi) is 6.78. The lowest BCUT2D eigenvalue weighted by Gasteiger charge is -2.22. The molecule has 57 heavy (non-hydrogen) atoms. The molecular weight excluding hydrogens is 685 g/mol. The molecule has 0 saturated carbocycles. The molecule has 0 heteroatoms. The molecule has 0 aliphatic heterocycles. The maximum absolute atomic E-state index is 2.44. The number of fused-ring (bicyclic) bond motifs is 12. The zero-order valence-corrected chi connectivity index (χ0v) is 32.0. The third kappa shape index (κ3) is 4.56. The SMILES string of the molecule is CC1(C)c2cccc(-c3cccc(-c4c5ccccc5c(-c5cc6ccc7ccccc7c6c6ccccc56)c5ccccc45)c3)c2-c2c1ccc1ccccc21. The molecule has 0 atom stereocenters. The van der Waals surface area contributed by atoms with Gasteiger partial charge in [-0.15, -0.1) is 0 Å². The minimum atomic E-state index is -0.0927. The van der Waals surface area contributed by atoms with E-state index >= 15 is 0 Å². The molecule has 12 rings (SSSR count). The Bertz CT molecular complexity index is 3430. The smallest absolute Gasteiger partial charge is 0.0159 e. The predicted molar refractivity (Wildman–Crippen MR) is 245 cm³/mol. The molecule has 0 nitrogen and oxygen atoms in total. The molecule has 266 valence electrons. The van der Waals surface area contributed by atoms with Crippen molar-refractivity contribution in [3.05, 3.63) is 205 Å². The number of benzene rings is 11. The van der Waals surface area contributed by atoms with E-state index in [4.69, 9.17) is 0 Å². The van der Waals surface area contributed by atoms with Crippen LogP contribution in [-0.4, -0.2) is 0 Å². The van der Waals surface area contributed by atoms with Crippen molar-refractivity contribution in [2.75, 3.05) is 0 Å².